The van der Waals surface area contributed by atoms with Crippen LogP contribution in [0.15, 0.2) is 47.4 Å². The molecule has 4 rings (SSSR count). The predicted molar refractivity (Wildman–Crippen MR) is 99.7 cm³/mol. The van der Waals surface area contributed by atoms with Crippen molar-refractivity contribution in [1.29, 1.82) is 0 Å². The van der Waals surface area contributed by atoms with E-state index in [4.69, 9.17) is 11.6 Å². The molecular weight excluding hydrogens is 359 g/mol. The van der Waals surface area contributed by atoms with Crippen molar-refractivity contribution >= 4 is 35.0 Å². The number of halogens is 2. The van der Waals surface area contributed by atoms with Crippen LogP contribution in [0.5, 0.6) is 0 Å². The molecule has 2 atom stereocenters. The number of likely N-dealkylation sites (tertiary alicyclic amines) is 1. The van der Waals surface area contributed by atoms with Crippen LogP contribution in [0.2, 0.25) is 5.02 Å². The fourth-order valence-electron chi connectivity index (χ4n) is 3.87. The molecule has 2 bridgehead atoms. The summed E-state index contributed by atoms with van der Waals surface area (Å²) in [7, 11) is 0. The first-order chi connectivity index (χ1) is 12.1. The molecule has 130 valence electrons. The number of amides is 1. The summed E-state index contributed by atoms with van der Waals surface area (Å²) in [5.74, 6) is -0.211. The molecule has 3 nitrogen and oxygen atoms in total. The van der Waals surface area contributed by atoms with E-state index >= 15 is 0 Å². The number of nitrogens with zero attached hydrogens (tertiary/aromatic N) is 2. The number of thioether (sulfide) groups is 1. The Labute approximate surface area is 155 Å². The van der Waals surface area contributed by atoms with Crippen LogP contribution in [0.4, 0.5) is 10.1 Å². The lowest BCUT2D eigenvalue weighted by Gasteiger charge is -2.34. The third kappa shape index (κ3) is 2.84. The lowest BCUT2D eigenvalue weighted by Crippen LogP contribution is -2.50. The average molecular weight is 377 g/mol. The van der Waals surface area contributed by atoms with Gasteiger partial charge in [-0.2, -0.15) is 0 Å². The van der Waals surface area contributed by atoms with Crippen LogP contribution in [0.25, 0.3) is 0 Å². The van der Waals surface area contributed by atoms with Crippen LogP contribution in [0, 0.1) is 5.82 Å². The molecule has 0 unspecified atom stereocenters. The standard InChI is InChI=1S/C19H18ClFN2OS/c1-25-18-8-3-2-7-16(18)23-12-9-17(19(23)24)22(10-12)11-13-14(20)5-4-6-15(13)21/h2-8,12,17H,9-11H2,1H3/t12-,17-/m0/s1. The van der Waals surface area contributed by atoms with E-state index in [0.717, 1.165) is 23.5 Å². The van der Waals surface area contributed by atoms with Gasteiger partial charge < -0.3 is 4.90 Å². The lowest BCUT2D eigenvalue weighted by atomic mass is 10.1. The first kappa shape index (κ1) is 16.9. The summed E-state index contributed by atoms with van der Waals surface area (Å²) in [6.45, 7) is 1.11. The Bertz CT molecular complexity index is 811. The number of piperazine rings is 1. The van der Waals surface area contributed by atoms with Gasteiger partial charge in [-0.25, -0.2) is 4.39 Å². The number of hydrogen-bond donors (Lipinski definition) is 0. The van der Waals surface area contributed by atoms with Crippen molar-refractivity contribution < 1.29 is 9.18 Å². The molecular formula is C19H18ClFN2OS. The highest BCUT2D eigenvalue weighted by molar-refractivity contribution is 7.98. The van der Waals surface area contributed by atoms with Crippen molar-refractivity contribution in [3.8, 4) is 0 Å². The second-order valence-corrected chi connectivity index (χ2v) is 7.67. The quantitative estimate of drug-likeness (QED) is 0.747. The van der Waals surface area contributed by atoms with E-state index in [1.165, 1.54) is 6.07 Å². The fraction of sp³-hybridized carbons (Fsp3) is 0.316. The van der Waals surface area contributed by atoms with E-state index in [2.05, 4.69) is 4.90 Å². The largest absolute Gasteiger partial charge is 0.306 e. The highest BCUT2D eigenvalue weighted by Crippen LogP contribution is 2.40. The molecule has 2 aliphatic heterocycles. The molecule has 0 radical (unpaired) electrons. The fourth-order valence-corrected chi connectivity index (χ4v) is 4.68. The Balaban J connectivity index is 1.57. The lowest BCUT2D eigenvalue weighted by molar-refractivity contribution is -0.122. The molecule has 2 heterocycles. The second-order valence-electron chi connectivity index (χ2n) is 6.42. The first-order valence-corrected chi connectivity index (χ1v) is 9.83. The molecule has 0 saturated carbocycles. The highest BCUT2D eigenvalue weighted by atomic mass is 35.5. The molecule has 2 saturated heterocycles. The first-order valence-electron chi connectivity index (χ1n) is 8.23. The van der Waals surface area contributed by atoms with Crippen LogP contribution in [-0.4, -0.2) is 35.7 Å². The van der Waals surface area contributed by atoms with E-state index in [-0.39, 0.29) is 23.8 Å². The Morgan fingerprint density at radius 2 is 2.04 bits per heavy atom. The Kier molecular flexibility index (Phi) is 4.48. The van der Waals surface area contributed by atoms with Crippen molar-refractivity contribution in [2.45, 2.75) is 29.9 Å². The van der Waals surface area contributed by atoms with Gasteiger partial charge in [0.1, 0.15) is 5.82 Å². The van der Waals surface area contributed by atoms with E-state index < -0.39 is 0 Å². The molecule has 2 aromatic carbocycles. The number of fused-ring (bicyclic) bond motifs is 2. The number of hydrogen-bond acceptors (Lipinski definition) is 3. The minimum atomic E-state index is -0.313. The van der Waals surface area contributed by atoms with Gasteiger partial charge >= 0.3 is 0 Å². The van der Waals surface area contributed by atoms with Gasteiger partial charge in [-0.15, -0.1) is 11.8 Å². The maximum absolute atomic E-state index is 14.1. The van der Waals surface area contributed by atoms with Crippen molar-refractivity contribution in [1.82, 2.24) is 4.90 Å². The van der Waals surface area contributed by atoms with Crippen LogP contribution >= 0.6 is 23.4 Å². The zero-order valence-electron chi connectivity index (χ0n) is 13.8. The molecule has 2 aromatic rings. The van der Waals surface area contributed by atoms with Crippen molar-refractivity contribution in [2.24, 2.45) is 0 Å². The summed E-state index contributed by atoms with van der Waals surface area (Å²) in [6, 6.07) is 12.6. The molecule has 2 aliphatic rings. The second kappa shape index (κ2) is 6.63. The molecule has 0 aromatic heterocycles. The molecule has 1 amide bonds. The predicted octanol–water partition coefficient (Wildman–Crippen LogP) is 4.19. The van der Waals surface area contributed by atoms with E-state index in [9.17, 15) is 9.18 Å². The van der Waals surface area contributed by atoms with E-state index in [0.29, 0.717) is 17.1 Å². The third-order valence-electron chi connectivity index (χ3n) is 5.04. The van der Waals surface area contributed by atoms with Crippen LogP contribution in [0.1, 0.15) is 12.0 Å². The number of carbonyl (C=O) groups excluding carboxylic acids is 1. The monoisotopic (exact) mass is 376 g/mol. The van der Waals surface area contributed by atoms with Gasteiger partial charge in [0.25, 0.3) is 0 Å². The summed E-state index contributed by atoms with van der Waals surface area (Å²) in [5, 5.41) is 0.416. The zero-order chi connectivity index (χ0) is 17.6. The van der Waals surface area contributed by atoms with Crippen LogP contribution in [-0.2, 0) is 11.3 Å². The molecule has 6 heteroatoms. The highest BCUT2D eigenvalue weighted by Gasteiger charge is 2.50. The summed E-state index contributed by atoms with van der Waals surface area (Å²) < 4.78 is 14.1. The van der Waals surface area contributed by atoms with E-state index in [1.54, 1.807) is 23.9 Å². The summed E-state index contributed by atoms with van der Waals surface area (Å²) in [4.78, 5) is 18.0. The van der Waals surface area contributed by atoms with Gasteiger partial charge in [-0.05, 0) is 36.9 Å². The topological polar surface area (TPSA) is 23.6 Å². The maximum Gasteiger partial charge on any atom is 0.244 e. The SMILES string of the molecule is CSc1ccccc1N1C(=O)[C@@H]2C[C@H]1CN2Cc1c(F)cccc1Cl. The minimum absolute atomic E-state index is 0.102. The zero-order valence-corrected chi connectivity index (χ0v) is 15.4. The van der Waals surface area contributed by atoms with Crippen molar-refractivity contribution in [2.75, 3.05) is 17.7 Å². The van der Waals surface area contributed by atoms with Gasteiger partial charge in [0.15, 0.2) is 0 Å². The third-order valence-corrected chi connectivity index (χ3v) is 6.18. The van der Waals surface area contributed by atoms with Gasteiger partial charge in [0.2, 0.25) is 5.91 Å². The van der Waals surface area contributed by atoms with Gasteiger partial charge in [0.05, 0.1) is 17.8 Å². The van der Waals surface area contributed by atoms with E-state index in [1.807, 2.05) is 35.4 Å². The number of anilines is 1. The summed E-state index contributed by atoms with van der Waals surface area (Å²) >= 11 is 7.79. The smallest absolute Gasteiger partial charge is 0.244 e. The minimum Gasteiger partial charge on any atom is -0.306 e. The Hall–Kier alpha value is -1.56. The number of benzene rings is 2. The molecule has 2 fully saturated rings. The number of rotatable bonds is 4. The van der Waals surface area contributed by atoms with Gasteiger partial charge in [-0.1, -0.05) is 29.8 Å². The number of carbonyl (C=O) groups is 1. The van der Waals surface area contributed by atoms with Gasteiger partial charge in [-0.3, -0.25) is 9.69 Å². The van der Waals surface area contributed by atoms with Crippen molar-refractivity contribution in [3.63, 3.8) is 0 Å². The molecule has 0 spiro atoms. The Morgan fingerprint density at radius 3 is 2.76 bits per heavy atom. The summed E-state index contributed by atoms with van der Waals surface area (Å²) in [6.07, 6.45) is 2.80. The Morgan fingerprint density at radius 1 is 1.24 bits per heavy atom. The summed E-state index contributed by atoms with van der Waals surface area (Å²) in [5.41, 5.74) is 1.46. The molecule has 0 aliphatic carbocycles. The van der Waals surface area contributed by atoms with Gasteiger partial charge in [0, 0.05) is 28.6 Å². The molecule has 25 heavy (non-hydrogen) atoms. The van der Waals surface area contributed by atoms with Crippen molar-refractivity contribution in [3.05, 3.63) is 58.9 Å². The van der Waals surface area contributed by atoms with Crippen LogP contribution in [0.3, 0.4) is 0 Å². The number of para-hydroxylation sites is 1. The molecule has 0 N–H and O–H groups in total. The maximum atomic E-state index is 14.1. The van der Waals surface area contributed by atoms with Crippen LogP contribution < -0.4 is 4.90 Å². The normalized spacial score (nSPS) is 22.8. The average Bonchev–Trinajstić information content (AvgIpc) is 3.16.